The number of halogens is 1. The van der Waals surface area contributed by atoms with E-state index in [4.69, 9.17) is 10.5 Å². The van der Waals surface area contributed by atoms with Gasteiger partial charge in [0.2, 0.25) is 0 Å². The number of methoxy groups -OCH3 is 1. The fourth-order valence-corrected chi connectivity index (χ4v) is 2.50. The maximum atomic E-state index is 13.4. The van der Waals surface area contributed by atoms with Gasteiger partial charge >= 0.3 is 0 Å². The van der Waals surface area contributed by atoms with Crippen molar-refractivity contribution in [1.29, 1.82) is 0 Å². The summed E-state index contributed by atoms with van der Waals surface area (Å²) in [6, 6.07) is 14.4. The highest BCUT2D eigenvalue weighted by molar-refractivity contribution is 5.33. The first-order valence-corrected chi connectivity index (χ1v) is 6.93. The molecule has 0 amide bonds. The Morgan fingerprint density at radius 1 is 1.19 bits per heavy atom. The van der Waals surface area contributed by atoms with Crippen molar-refractivity contribution in [2.24, 2.45) is 5.73 Å². The molecule has 0 saturated heterocycles. The summed E-state index contributed by atoms with van der Waals surface area (Å²) in [6.45, 7) is 1.11. The van der Waals surface area contributed by atoms with Gasteiger partial charge in [0, 0.05) is 24.7 Å². The van der Waals surface area contributed by atoms with E-state index in [1.807, 2.05) is 37.4 Å². The Labute approximate surface area is 125 Å². The summed E-state index contributed by atoms with van der Waals surface area (Å²) >= 11 is 0. The zero-order valence-corrected chi connectivity index (χ0v) is 12.4. The lowest BCUT2D eigenvalue weighted by molar-refractivity contribution is 0.238. The van der Waals surface area contributed by atoms with Crippen LogP contribution < -0.4 is 10.5 Å². The van der Waals surface area contributed by atoms with Crippen LogP contribution in [0.3, 0.4) is 0 Å². The predicted octanol–water partition coefficient (Wildman–Crippen LogP) is 2.97. The van der Waals surface area contributed by atoms with Gasteiger partial charge in [-0.15, -0.1) is 0 Å². The molecular weight excluding hydrogens is 267 g/mol. The molecule has 0 heterocycles. The topological polar surface area (TPSA) is 38.5 Å². The van der Waals surface area contributed by atoms with Crippen molar-refractivity contribution < 1.29 is 9.13 Å². The number of ether oxygens (including phenoxy) is 1. The second-order valence-corrected chi connectivity index (χ2v) is 5.03. The normalized spacial score (nSPS) is 12.4. The Kier molecular flexibility index (Phi) is 5.31. The number of nitrogens with zero attached hydrogens (tertiary/aromatic N) is 1. The molecule has 0 aliphatic rings. The molecule has 112 valence electrons. The molecule has 3 nitrogen and oxygen atoms in total. The number of benzene rings is 2. The molecule has 0 aliphatic heterocycles. The fraction of sp³-hybridized carbons (Fsp3) is 0.294. The highest BCUT2D eigenvalue weighted by Crippen LogP contribution is 2.24. The van der Waals surface area contributed by atoms with Gasteiger partial charge in [0.15, 0.2) is 0 Å². The van der Waals surface area contributed by atoms with Crippen molar-refractivity contribution in [3.63, 3.8) is 0 Å². The van der Waals surface area contributed by atoms with Crippen LogP contribution in [0.2, 0.25) is 0 Å². The number of para-hydroxylation sites is 1. The molecule has 1 unspecified atom stereocenters. The van der Waals surface area contributed by atoms with Crippen LogP contribution in [-0.4, -0.2) is 25.6 Å². The maximum Gasteiger partial charge on any atom is 0.123 e. The number of hydrogen-bond donors (Lipinski definition) is 1. The molecule has 0 fully saturated rings. The summed E-state index contributed by atoms with van der Waals surface area (Å²) in [4.78, 5) is 2.10. The van der Waals surface area contributed by atoms with Crippen LogP contribution in [-0.2, 0) is 6.54 Å². The second kappa shape index (κ2) is 7.20. The van der Waals surface area contributed by atoms with E-state index in [-0.39, 0.29) is 11.9 Å². The molecule has 21 heavy (non-hydrogen) atoms. The standard InChI is InChI=1S/C17H21FN2O/c1-20(12-14-6-3-4-9-17(14)21-2)16(11-19)13-7-5-8-15(18)10-13/h3-10,16H,11-12,19H2,1-2H3. The van der Waals surface area contributed by atoms with E-state index in [9.17, 15) is 4.39 Å². The lowest BCUT2D eigenvalue weighted by Crippen LogP contribution is -2.30. The minimum atomic E-state index is -0.239. The van der Waals surface area contributed by atoms with Gasteiger partial charge in [-0.1, -0.05) is 30.3 Å². The average molecular weight is 288 g/mol. The second-order valence-electron chi connectivity index (χ2n) is 5.03. The Balaban J connectivity index is 2.19. The van der Waals surface area contributed by atoms with Crippen LogP contribution in [0, 0.1) is 5.82 Å². The summed E-state index contributed by atoms with van der Waals surface area (Å²) < 4.78 is 18.8. The molecule has 2 aromatic carbocycles. The van der Waals surface area contributed by atoms with E-state index in [1.165, 1.54) is 12.1 Å². The number of nitrogens with two attached hydrogens (primary N) is 1. The van der Waals surface area contributed by atoms with Crippen molar-refractivity contribution in [1.82, 2.24) is 4.90 Å². The van der Waals surface area contributed by atoms with E-state index in [0.29, 0.717) is 13.1 Å². The smallest absolute Gasteiger partial charge is 0.123 e. The van der Waals surface area contributed by atoms with Gasteiger partial charge in [-0.25, -0.2) is 4.39 Å². The number of rotatable bonds is 6. The van der Waals surface area contributed by atoms with E-state index in [1.54, 1.807) is 13.2 Å². The monoisotopic (exact) mass is 288 g/mol. The van der Waals surface area contributed by atoms with Crippen molar-refractivity contribution >= 4 is 0 Å². The van der Waals surface area contributed by atoms with Gasteiger partial charge in [-0.3, -0.25) is 4.90 Å². The summed E-state index contributed by atoms with van der Waals surface area (Å²) in [6.07, 6.45) is 0. The Hall–Kier alpha value is -1.91. The SMILES string of the molecule is COc1ccccc1CN(C)C(CN)c1cccc(F)c1. The van der Waals surface area contributed by atoms with Gasteiger partial charge in [0.25, 0.3) is 0 Å². The molecule has 1 atom stereocenters. The maximum absolute atomic E-state index is 13.4. The zero-order chi connectivity index (χ0) is 15.2. The molecular formula is C17H21FN2O. The highest BCUT2D eigenvalue weighted by Gasteiger charge is 2.17. The molecule has 0 bridgehead atoms. The van der Waals surface area contributed by atoms with E-state index in [2.05, 4.69) is 4.90 Å². The van der Waals surface area contributed by atoms with Gasteiger partial charge in [-0.05, 0) is 30.8 Å². The molecule has 0 saturated carbocycles. The van der Waals surface area contributed by atoms with Crippen molar-refractivity contribution in [2.45, 2.75) is 12.6 Å². The summed E-state index contributed by atoms with van der Waals surface area (Å²) in [5, 5.41) is 0. The number of likely N-dealkylation sites (N-methyl/N-ethyl adjacent to an activating group) is 1. The van der Waals surface area contributed by atoms with Gasteiger partial charge in [-0.2, -0.15) is 0 Å². The number of hydrogen-bond acceptors (Lipinski definition) is 3. The van der Waals surface area contributed by atoms with Crippen LogP contribution >= 0.6 is 0 Å². The Morgan fingerprint density at radius 2 is 1.95 bits per heavy atom. The van der Waals surface area contributed by atoms with E-state index >= 15 is 0 Å². The van der Waals surface area contributed by atoms with E-state index in [0.717, 1.165) is 16.9 Å². The van der Waals surface area contributed by atoms with Crippen LogP contribution in [0.1, 0.15) is 17.2 Å². The van der Waals surface area contributed by atoms with Crippen molar-refractivity contribution in [3.8, 4) is 5.75 Å². The van der Waals surface area contributed by atoms with Crippen LogP contribution in [0.25, 0.3) is 0 Å². The largest absolute Gasteiger partial charge is 0.496 e. The minimum absolute atomic E-state index is 0.0365. The third-order valence-electron chi connectivity index (χ3n) is 3.60. The van der Waals surface area contributed by atoms with Gasteiger partial charge < -0.3 is 10.5 Å². The van der Waals surface area contributed by atoms with E-state index < -0.39 is 0 Å². The molecule has 2 aromatic rings. The lowest BCUT2D eigenvalue weighted by Gasteiger charge is -2.28. The molecule has 0 aliphatic carbocycles. The molecule has 2 rings (SSSR count). The first-order valence-electron chi connectivity index (χ1n) is 6.93. The molecule has 0 spiro atoms. The molecule has 0 radical (unpaired) electrons. The highest BCUT2D eigenvalue weighted by atomic mass is 19.1. The predicted molar refractivity (Wildman–Crippen MR) is 82.7 cm³/mol. The van der Waals surface area contributed by atoms with Crippen LogP contribution in [0.4, 0.5) is 4.39 Å². The first kappa shape index (κ1) is 15.5. The Morgan fingerprint density at radius 3 is 2.62 bits per heavy atom. The summed E-state index contributed by atoms with van der Waals surface area (Å²) in [5.41, 5.74) is 7.85. The minimum Gasteiger partial charge on any atom is -0.496 e. The zero-order valence-electron chi connectivity index (χ0n) is 12.4. The molecule has 2 N–H and O–H groups in total. The molecule has 4 heteroatoms. The lowest BCUT2D eigenvalue weighted by atomic mass is 10.0. The first-order chi connectivity index (χ1) is 10.2. The van der Waals surface area contributed by atoms with Gasteiger partial charge in [0.05, 0.1) is 7.11 Å². The summed E-state index contributed by atoms with van der Waals surface area (Å²) in [7, 11) is 3.64. The quantitative estimate of drug-likeness (QED) is 0.888. The third-order valence-corrected chi connectivity index (χ3v) is 3.60. The Bertz CT molecular complexity index is 589. The molecule has 0 aromatic heterocycles. The van der Waals surface area contributed by atoms with Crippen LogP contribution in [0.5, 0.6) is 5.75 Å². The van der Waals surface area contributed by atoms with Crippen LogP contribution in [0.15, 0.2) is 48.5 Å². The fourth-order valence-electron chi connectivity index (χ4n) is 2.50. The third kappa shape index (κ3) is 3.80. The average Bonchev–Trinajstić information content (AvgIpc) is 2.48. The van der Waals surface area contributed by atoms with Gasteiger partial charge in [0.1, 0.15) is 11.6 Å². The summed E-state index contributed by atoms with van der Waals surface area (Å²) in [5.74, 6) is 0.607. The van der Waals surface area contributed by atoms with Crippen molar-refractivity contribution in [2.75, 3.05) is 20.7 Å². The van der Waals surface area contributed by atoms with Crippen molar-refractivity contribution in [3.05, 3.63) is 65.5 Å².